The summed E-state index contributed by atoms with van der Waals surface area (Å²) in [7, 11) is 0. The number of hydrogen-bond acceptors (Lipinski definition) is 2. The Morgan fingerprint density at radius 3 is 2.17 bits per heavy atom. The minimum absolute atomic E-state index is 0.188. The van der Waals surface area contributed by atoms with Gasteiger partial charge in [-0.1, -0.05) is 72.8 Å². The molecular weight excluding hydrogens is 360 g/mol. The number of nitrogens with zero attached hydrogens (tertiary/aromatic N) is 1. The molecule has 1 aliphatic heterocycles. The molecule has 1 aromatic heterocycles. The number of benzene rings is 3. The van der Waals surface area contributed by atoms with Crippen molar-refractivity contribution in [1.82, 2.24) is 9.88 Å². The molecule has 0 bridgehead atoms. The highest BCUT2D eigenvalue weighted by Crippen LogP contribution is 2.25. The van der Waals surface area contributed by atoms with Gasteiger partial charge in [0, 0.05) is 18.1 Å². The van der Waals surface area contributed by atoms with Crippen LogP contribution in [-0.4, -0.2) is 10.5 Å². The van der Waals surface area contributed by atoms with Gasteiger partial charge in [-0.25, -0.2) is 0 Å². The summed E-state index contributed by atoms with van der Waals surface area (Å²) in [5, 5.41) is 3.70. The maximum atomic E-state index is 13.2. The Morgan fingerprint density at radius 2 is 1.52 bits per heavy atom. The topological polar surface area (TPSA) is 51.1 Å². The minimum atomic E-state index is -0.351. The zero-order valence-electron chi connectivity index (χ0n) is 15.8. The van der Waals surface area contributed by atoms with Crippen LogP contribution in [0.5, 0.6) is 0 Å². The Hall–Kier alpha value is -3.66. The van der Waals surface area contributed by atoms with Gasteiger partial charge in [0.2, 0.25) is 5.43 Å². The van der Waals surface area contributed by atoms with Crippen LogP contribution in [0.15, 0.2) is 89.9 Å². The van der Waals surface area contributed by atoms with Gasteiger partial charge < -0.3 is 9.88 Å². The molecule has 0 unspecified atom stereocenters. The molecule has 0 spiro atoms. The van der Waals surface area contributed by atoms with Crippen molar-refractivity contribution in [2.45, 2.75) is 19.0 Å². The molecule has 1 N–H and O–H groups in total. The molecular formula is C25H20N2O2. The second-order valence-electron chi connectivity index (χ2n) is 7.36. The lowest BCUT2D eigenvalue weighted by Crippen LogP contribution is -2.33. The number of amides is 1. The highest BCUT2D eigenvalue weighted by Gasteiger charge is 2.23. The van der Waals surface area contributed by atoms with Crippen LogP contribution in [0.4, 0.5) is 0 Å². The van der Waals surface area contributed by atoms with Crippen LogP contribution >= 0.6 is 0 Å². The number of carbonyl (C=O) groups is 1. The second-order valence-corrected chi connectivity index (χ2v) is 7.36. The van der Waals surface area contributed by atoms with E-state index in [4.69, 9.17) is 0 Å². The van der Waals surface area contributed by atoms with Gasteiger partial charge in [-0.2, -0.15) is 0 Å². The fraction of sp³-hybridized carbons (Fsp3) is 0.120. The SMILES string of the molecule is O=C(NC(c1ccccc1)c1ccccc1)c1cn2c3c(cccc3c1=O)CC2. The average Bonchev–Trinajstić information content (AvgIpc) is 3.19. The normalized spacial score (nSPS) is 12.4. The van der Waals surface area contributed by atoms with E-state index in [1.807, 2.05) is 83.4 Å². The fourth-order valence-corrected chi connectivity index (χ4v) is 4.18. The molecule has 0 saturated heterocycles. The van der Waals surface area contributed by atoms with E-state index in [9.17, 15) is 9.59 Å². The number of nitrogens with one attached hydrogen (secondary N) is 1. The number of aryl methyl sites for hydroxylation is 2. The summed E-state index contributed by atoms with van der Waals surface area (Å²) in [6, 6.07) is 25.0. The van der Waals surface area contributed by atoms with Crippen molar-refractivity contribution < 1.29 is 4.79 Å². The molecule has 4 nitrogen and oxygen atoms in total. The Balaban J connectivity index is 1.57. The first-order chi connectivity index (χ1) is 14.2. The fourth-order valence-electron chi connectivity index (χ4n) is 4.18. The van der Waals surface area contributed by atoms with E-state index in [2.05, 4.69) is 5.32 Å². The first-order valence-corrected chi connectivity index (χ1v) is 9.78. The van der Waals surface area contributed by atoms with Gasteiger partial charge in [0.25, 0.3) is 5.91 Å². The van der Waals surface area contributed by atoms with Gasteiger partial charge in [0.1, 0.15) is 5.56 Å². The Kier molecular flexibility index (Phi) is 4.24. The van der Waals surface area contributed by atoms with Crippen LogP contribution in [0.2, 0.25) is 0 Å². The number of pyridine rings is 1. The van der Waals surface area contributed by atoms with Crippen molar-refractivity contribution in [3.05, 3.63) is 118 Å². The molecule has 3 aromatic carbocycles. The first-order valence-electron chi connectivity index (χ1n) is 9.78. The summed E-state index contributed by atoms with van der Waals surface area (Å²) in [4.78, 5) is 26.3. The molecule has 5 rings (SSSR count). The molecule has 29 heavy (non-hydrogen) atoms. The monoisotopic (exact) mass is 380 g/mol. The van der Waals surface area contributed by atoms with Crippen molar-refractivity contribution >= 4 is 16.8 Å². The van der Waals surface area contributed by atoms with E-state index >= 15 is 0 Å². The number of aromatic nitrogens is 1. The second kappa shape index (κ2) is 7.06. The number of carbonyl (C=O) groups excluding carboxylic acids is 1. The van der Waals surface area contributed by atoms with Crippen LogP contribution < -0.4 is 10.7 Å². The molecule has 2 heterocycles. The molecule has 4 heteroatoms. The lowest BCUT2D eigenvalue weighted by atomic mass is 9.98. The summed E-state index contributed by atoms with van der Waals surface area (Å²) in [6.07, 6.45) is 2.60. The molecule has 0 saturated carbocycles. The maximum absolute atomic E-state index is 13.2. The van der Waals surface area contributed by atoms with Crippen molar-refractivity contribution in [1.29, 1.82) is 0 Å². The first kappa shape index (κ1) is 17.4. The third kappa shape index (κ3) is 3.03. The predicted octanol–water partition coefficient (Wildman–Crippen LogP) is 4.08. The highest BCUT2D eigenvalue weighted by atomic mass is 16.2. The van der Waals surface area contributed by atoms with Gasteiger partial charge >= 0.3 is 0 Å². The lowest BCUT2D eigenvalue weighted by Gasteiger charge is -2.20. The summed E-state index contributed by atoms with van der Waals surface area (Å²) in [5.41, 5.74) is 4.04. The van der Waals surface area contributed by atoms with E-state index in [1.165, 1.54) is 0 Å². The van der Waals surface area contributed by atoms with Crippen LogP contribution in [-0.2, 0) is 13.0 Å². The molecule has 142 valence electrons. The lowest BCUT2D eigenvalue weighted by molar-refractivity contribution is 0.0941. The molecule has 0 aliphatic carbocycles. The zero-order valence-corrected chi connectivity index (χ0v) is 15.8. The van der Waals surface area contributed by atoms with Gasteiger partial charge in [0.15, 0.2) is 0 Å². The van der Waals surface area contributed by atoms with Gasteiger partial charge in [-0.3, -0.25) is 9.59 Å². The quantitative estimate of drug-likeness (QED) is 0.580. The molecule has 0 atom stereocenters. The highest BCUT2D eigenvalue weighted by molar-refractivity contribution is 5.98. The molecule has 4 aromatic rings. The van der Waals surface area contributed by atoms with E-state index in [0.717, 1.165) is 35.2 Å². The van der Waals surface area contributed by atoms with Crippen LogP contribution in [0.3, 0.4) is 0 Å². The van der Waals surface area contributed by atoms with Crippen LogP contribution in [0, 0.1) is 0 Å². The predicted molar refractivity (Wildman–Crippen MR) is 114 cm³/mol. The smallest absolute Gasteiger partial charge is 0.257 e. The van der Waals surface area contributed by atoms with E-state index < -0.39 is 0 Å². The minimum Gasteiger partial charge on any atom is -0.346 e. The largest absolute Gasteiger partial charge is 0.346 e. The van der Waals surface area contributed by atoms with Crippen molar-refractivity contribution in [3.63, 3.8) is 0 Å². The van der Waals surface area contributed by atoms with Gasteiger partial charge in [-0.15, -0.1) is 0 Å². The summed E-state index contributed by atoms with van der Waals surface area (Å²) in [6.45, 7) is 0.789. The number of para-hydroxylation sites is 1. The molecule has 1 aliphatic rings. The van der Waals surface area contributed by atoms with Gasteiger partial charge in [0.05, 0.1) is 11.6 Å². The Labute approximate surface area is 168 Å². The summed E-state index contributed by atoms with van der Waals surface area (Å²) < 4.78 is 2.03. The van der Waals surface area contributed by atoms with E-state index in [-0.39, 0.29) is 22.9 Å². The molecule has 0 radical (unpaired) electrons. The van der Waals surface area contributed by atoms with E-state index in [0.29, 0.717) is 5.39 Å². The van der Waals surface area contributed by atoms with Crippen LogP contribution in [0.1, 0.15) is 33.1 Å². The zero-order chi connectivity index (χ0) is 19.8. The molecule has 1 amide bonds. The van der Waals surface area contributed by atoms with Crippen LogP contribution in [0.25, 0.3) is 10.9 Å². The van der Waals surface area contributed by atoms with E-state index in [1.54, 1.807) is 6.20 Å². The Morgan fingerprint density at radius 1 is 0.862 bits per heavy atom. The summed E-state index contributed by atoms with van der Waals surface area (Å²) in [5.74, 6) is -0.351. The standard InChI is InChI=1S/C25H20N2O2/c28-24-20-13-7-12-19-14-15-27(23(19)20)16-21(24)25(29)26-22(17-8-3-1-4-9-17)18-10-5-2-6-11-18/h1-13,16,22H,14-15H2,(H,26,29). The third-order valence-corrected chi connectivity index (χ3v) is 5.59. The van der Waals surface area contributed by atoms with Crippen molar-refractivity contribution in [2.75, 3.05) is 0 Å². The van der Waals surface area contributed by atoms with Crippen molar-refractivity contribution in [2.24, 2.45) is 0 Å². The third-order valence-electron chi connectivity index (χ3n) is 5.59. The number of hydrogen-bond donors (Lipinski definition) is 1. The summed E-state index contributed by atoms with van der Waals surface area (Å²) >= 11 is 0. The van der Waals surface area contributed by atoms with Gasteiger partial charge in [-0.05, 0) is 29.2 Å². The Bertz CT molecular complexity index is 1220. The van der Waals surface area contributed by atoms with Crippen molar-refractivity contribution in [3.8, 4) is 0 Å². The average molecular weight is 380 g/mol. The molecule has 0 fully saturated rings. The maximum Gasteiger partial charge on any atom is 0.257 e. The number of rotatable bonds is 4.